The summed E-state index contributed by atoms with van der Waals surface area (Å²) in [6.45, 7) is 3.66. The molecule has 1 amide bonds. The topological polar surface area (TPSA) is 102 Å². The fourth-order valence-electron chi connectivity index (χ4n) is 2.11. The summed E-state index contributed by atoms with van der Waals surface area (Å²) in [4.78, 5) is 12.0. The van der Waals surface area contributed by atoms with Gasteiger partial charge in [0.2, 0.25) is 0 Å². The largest absolute Gasteiger partial charge is 0.506 e. The smallest absolute Gasteiger partial charge is 0.262 e. The lowest BCUT2D eigenvalue weighted by Crippen LogP contribution is -2.20. The van der Waals surface area contributed by atoms with Crippen LogP contribution in [0.4, 0.5) is 5.69 Å². The molecular formula is C18H21NO6S. The molecule has 0 aliphatic rings. The zero-order valence-corrected chi connectivity index (χ0v) is 15.4. The Morgan fingerprint density at radius 2 is 1.65 bits per heavy atom. The summed E-state index contributed by atoms with van der Waals surface area (Å²) in [5.41, 5.74) is 0.0137. The number of phenolic OH excluding ortho intramolecular Hbond substituents is 1. The molecule has 0 saturated carbocycles. The molecule has 0 aromatic heterocycles. The molecule has 26 heavy (non-hydrogen) atoms. The monoisotopic (exact) mass is 379 g/mol. The number of carbonyl (C=O) groups is 1. The zero-order valence-electron chi connectivity index (χ0n) is 14.6. The van der Waals surface area contributed by atoms with Crippen LogP contribution in [0.5, 0.6) is 17.2 Å². The molecule has 0 aliphatic carbocycles. The first-order valence-corrected chi connectivity index (χ1v) is 9.72. The first kappa shape index (κ1) is 19.6. The van der Waals surface area contributed by atoms with Crippen molar-refractivity contribution in [2.75, 3.05) is 24.3 Å². The number of phenols is 1. The highest BCUT2D eigenvalue weighted by Gasteiger charge is 2.15. The van der Waals surface area contributed by atoms with Gasteiger partial charge >= 0.3 is 0 Å². The Bertz CT molecular complexity index is 862. The summed E-state index contributed by atoms with van der Waals surface area (Å²) in [6.07, 6.45) is 0. The first-order chi connectivity index (χ1) is 12.4. The third kappa shape index (κ3) is 5.13. The summed E-state index contributed by atoms with van der Waals surface area (Å²) in [5, 5.41) is 12.3. The second-order valence-corrected chi connectivity index (χ2v) is 7.60. The van der Waals surface area contributed by atoms with E-state index in [1.807, 2.05) is 6.92 Å². The van der Waals surface area contributed by atoms with Crippen molar-refractivity contribution in [1.29, 1.82) is 0 Å². The Morgan fingerprint density at radius 1 is 1.04 bits per heavy atom. The average molecular weight is 379 g/mol. The van der Waals surface area contributed by atoms with Gasteiger partial charge in [0.05, 0.1) is 22.9 Å². The number of amides is 1. The lowest BCUT2D eigenvalue weighted by atomic mass is 10.3. The van der Waals surface area contributed by atoms with Crippen LogP contribution in [0, 0.1) is 0 Å². The first-order valence-electron chi connectivity index (χ1n) is 8.07. The SMILES string of the molecule is CCOc1ccc(OCC(=O)Nc2cc(S(=O)(=O)CC)ccc2O)cc1. The quantitative estimate of drug-likeness (QED) is 0.684. The van der Waals surface area contributed by atoms with Gasteiger partial charge in [-0.1, -0.05) is 6.92 Å². The van der Waals surface area contributed by atoms with Gasteiger partial charge in [-0.2, -0.15) is 0 Å². The lowest BCUT2D eigenvalue weighted by Gasteiger charge is -2.11. The molecule has 140 valence electrons. The van der Waals surface area contributed by atoms with Gasteiger partial charge in [-0.05, 0) is 49.4 Å². The molecule has 0 atom stereocenters. The standard InChI is InChI=1S/C18H21NO6S/c1-3-24-13-5-7-14(8-6-13)25-12-18(21)19-16-11-15(9-10-17(16)20)26(22,23)4-2/h5-11,20H,3-4,12H2,1-2H3,(H,19,21). The van der Waals surface area contributed by atoms with E-state index in [1.165, 1.54) is 25.1 Å². The van der Waals surface area contributed by atoms with Crippen LogP contribution in [0.1, 0.15) is 13.8 Å². The molecule has 2 aromatic carbocycles. The molecule has 0 heterocycles. The van der Waals surface area contributed by atoms with Crippen LogP contribution in [0.3, 0.4) is 0 Å². The molecule has 2 N–H and O–H groups in total. The van der Waals surface area contributed by atoms with Crippen molar-refractivity contribution in [3.8, 4) is 17.2 Å². The van der Waals surface area contributed by atoms with Crippen LogP contribution in [0.2, 0.25) is 0 Å². The Labute approximate surface area is 152 Å². The number of nitrogens with one attached hydrogen (secondary N) is 1. The van der Waals surface area contributed by atoms with Gasteiger partial charge < -0.3 is 19.9 Å². The van der Waals surface area contributed by atoms with Crippen molar-refractivity contribution < 1.29 is 27.8 Å². The van der Waals surface area contributed by atoms with Crippen molar-refractivity contribution >= 4 is 21.4 Å². The van der Waals surface area contributed by atoms with E-state index in [0.717, 1.165) is 0 Å². The maximum absolute atomic E-state index is 12.0. The number of anilines is 1. The van der Waals surface area contributed by atoms with Crippen molar-refractivity contribution in [1.82, 2.24) is 0 Å². The number of ether oxygens (including phenoxy) is 2. The van der Waals surface area contributed by atoms with E-state index in [0.29, 0.717) is 18.1 Å². The molecular weight excluding hydrogens is 358 g/mol. The third-order valence-corrected chi connectivity index (χ3v) is 5.22. The highest BCUT2D eigenvalue weighted by Crippen LogP contribution is 2.27. The second-order valence-electron chi connectivity index (χ2n) is 5.32. The summed E-state index contributed by atoms with van der Waals surface area (Å²) in [5.74, 6) is 0.347. The number of aromatic hydroxyl groups is 1. The molecule has 7 nitrogen and oxygen atoms in total. The van der Waals surface area contributed by atoms with Crippen molar-refractivity contribution in [2.24, 2.45) is 0 Å². The van der Waals surface area contributed by atoms with Crippen LogP contribution >= 0.6 is 0 Å². The van der Waals surface area contributed by atoms with E-state index in [2.05, 4.69) is 5.32 Å². The van der Waals surface area contributed by atoms with Crippen molar-refractivity contribution in [3.63, 3.8) is 0 Å². The molecule has 2 aromatic rings. The van der Waals surface area contributed by atoms with E-state index < -0.39 is 15.7 Å². The Balaban J connectivity index is 2.00. The van der Waals surface area contributed by atoms with Gasteiger partial charge in [-0.25, -0.2) is 8.42 Å². The molecule has 0 bridgehead atoms. The predicted molar refractivity (Wildman–Crippen MR) is 97.6 cm³/mol. The van der Waals surface area contributed by atoms with Gasteiger partial charge in [0, 0.05) is 0 Å². The van der Waals surface area contributed by atoms with Gasteiger partial charge in [0.15, 0.2) is 16.4 Å². The molecule has 0 radical (unpaired) electrons. The van der Waals surface area contributed by atoms with E-state index in [-0.39, 0.29) is 28.7 Å². The number of rotatable bonds is 8. The molecule has 0 spiro atoms. The van der Waals surface area contributed by atoms with Crippen molar-refractivity contribution in [3.05, 3.63) is 42.5 Å². The zero-order chi connectivity index (χ0) is 19.2. The molecule has 0 aliphatic heterocycles. The molecule has 8 heteroatoms. The van der Waals surface area contributed by atoms with Crippen LogP contribution < -0.4 is 14.8 Å². The Kier molecular flexibility index (Phi) is 6.46. The molecule has 2 rings (SSSR count). The maximum Gasteiger partial charge on any atom is 0.262 e. The highest BCUT2D eigenvalue weighted by atomic mass is 32.2. The summed E-state index contributed by atoms with van der Waals surface area (Å²) in [7, 11) is -3.44. The fourth-order valence-corrected chi connectivity index (χ4v) is 3.02. The van der Waals surface area contributed by atoms with Crippen molar-refractivity contribution in [2.45, 2.75) is 18.7 Å². The summed E-state index contributed by atoms with van der Waals surface area (Å²) in [6, 6.07) is 10.5. The van der Waals surface area contributed by atoms with Gasteiger partial charge in [-0.3, -0.25) is 4.79 Å². The molecule has 0 saturated heterocycles. The number of sulfone groups is 1. The summed E-state index contributed by atoms with van der Waals surface area (Å²) < 4.78 is 34.5. The average Bonchev–Trinajstić information content (AvgIpc) is 2.63. The minimum absolute atomic E-state index is 0.0137. The number of carbonyl (C=O) groups excluding carboxylic acids is 1. The van der Waals surface area contributed by atoms with Crippen LogP contribution in [-0.2, 0) is 14.6 Å². The fraction of sp³-hybridized carbons (Fsp3) is 0.278. The van der Waals surface area contributed by atoms with Gasteiger partial charge in [-0.15, -0.1) is 0 Å². The Hall–Kier alpha value is -2.74. The maximum atomic E-state index is 12.0. The van der Waals surface area contributed by atoms with Crippen LogP contribution in [-0.4, -0.2) is 38.4 Å². The normalized spacial score (nSPS) is 11.0. The van der Waals surface area contributed by atoms with Gasteiger partial charge in [0.25, 0.3) is 5.91 Å². The second kappa shape index (κ2) is 8.57. The highest BCUT2D eigenvalue weighted by molar-refractivity contribution is 7.91. The van der Waals surface area contributed by atoms with Crippen LogP contribution in [0.15, 0.2) is 47.4 Å². The number of benzene rings is 2. The Morgan fingerprint density at radius 3 is 2.23 bits per heavy atom. The lowest BCUT2D eigenvalue weighted by molar-refractivity contribution is -0.118. The number of hydrogen-bond acceptors (Lipinski definition) is 6. The minimum atomic E-state index is -3.44. The predicted octanol–water partition coefficient (Wildman–Crippen LogP) is 2.60. The summed E-state index contributed by atoms with van der Waals surface area (Å²) >= 11 is 0. The van der Waals surface area contributed by atoms with Crippen LogP contribution in [0.25, 0.3) is 0 Å². The van der Waals surface area contributed by atoms with E-state index in [4.69, 9.17) is 9.47 Å². The van der Waals surface area contributed by atoms with E-state index in [1.54, 1.807) is 24.3 Å². The third-order valence-electron chi connectivity index (χ3n) is 3.49. The number of hydrogen-bond donors (Lipinski definition) is 2. The van der Waals surface area contributed by atoms with E-state index in [9.17, 15) is 18.3 Å². The minimum Gasteiger partial charge on any atom is -0.506 e. The molecule has 0 fully saturated rings. The van der Waals surface area contributed by atoms with E-state index >= 15 is 0 Å². The van der Waals surface area contributed by atoms with Gasteiger partial charge in [0.1, 0.15) is 17.2 Å². The molecule has 0 unspecified atom stereocenters.